The summed E-state index contributed by atoms with van der Waals surface area (Å²) in [5, 5.41) is 8.22. The zero-order chi connectivity index (χ0) is 14.7. The molecule has 0 aliphatic carbocycles. The van der Waals surface area contributed by atoms with Gasteiger partial charge in [-0.1, -0.05) is 18.2 Å². The first kappa shape index (κ1) is 13.0. The maximum atomic E-state index is 12.2. The Balaban J connectivity index is 1.70. The van der Waals surface area contributed by atoms with Gasteiger partial charge in [0.2, 0.25) is 0 Å². The third kappa shape index (κ3) is 2.66. The average molecular weight is 283 g/mol. The number of nitrogens with zero attached hydrogens (tertiary/aromatic N) is 3. The number of imidazole rings is 1. The van der Waals surface area contributed by atoms with Gasteiger partial charge >= 0.3 is 0 Å². The summed E-state index contributed by atoms with van der Waals surface area (Å²) in [5.74, 6) is -0.263. The number of hydrogen-bond donors (Lipinski definition) is 2. The minimum atomic E-state index is -0.263. The van der Waals surface area contributed by atoms with Crippen LogP contribution in [0.25, 0.3) is 10.8 Å². The summed E-state index contributed by atoms with van der Waals surface area (Å²) in [4.78, 5) is 30.4. The van der Waals surface area contributed by atoms with Crippen molar-refractivity contribution in [1.29, 1.82) is 0 Å². The first-order valence-corrected chi connectivity index (χ1v) is 6.47. The molecule has 0 radical (unpaired) electrons. The Kier molecular flexibility index (Phi) is 3.46. The van der Waals surface area contributed by atoms with Gasteiger partial charge in [-0.25, -0.2) is 9.67 Å². The van der Waals surface area contributed by atoms with E-state index in [1.165, 1.54) is 17.2 Å². The number of nitrogens with one attached hydrogen (secondary N) is 2. The molecular weight excluding hydrogens is 270 g/mol. The molecule has 0 spiro atoms. The fraction of sp³-hybridized carbons (Fsp3) is 0.143. The summed E-state index contributed by atoms with van der Waals surface area (Å²) in [6, 6.07) is 7.28. The van der Waals surface area contributed by atoms with Gasteiger partial charge in [0.1, 0.15) is 5.69 Å². The third-order valence-electron chi connectivity index (χ3n) is 3.11. The molecular formula is C14H13N5O2. The second kappa shape index (κ2) is 5.58. The van der Waals surface area contributed by atoms with E-state index in [2.05, 4.69) is 20.4 Å². The quantitative estimate of drug-likeness (QED) is 0.731. The Labute approximate surface area is 119 Å². The number of benzene rings is 1. The number of rotatable bonds is 4. The SMILES string of the molecule is O=C(NCCn1ncc2ccccc2c1=O)c1cnc[nH]1. The highest BCUT2D eigenvalue weighted by molar-refractivity contribution is 5.91. The predicted molar refractivity (Wildman–Crippen MR) is 76.9 cm³/mol. The van der Waals surface area contributed by atoms with Crippen LogP contribution in [0, 0.1) is 0 Å². The van der Waals surface area contributed by atoms with E-state index in [-0.39, 0.29) is 11.5 Å². The molecule has 0 bridgehead atoms. The van der Waals surface area contributed by atoms with Gasteiger partial charge in [-0.15, -0.1) is 0 Å². The summed E-state index contributed by atoms with van der Waals surface area (Å²) < 4.78 is 1.34. The summed E-state index contributed by atoms with van der Waals surface area (Å²) >= 11 is 0. The molecule has 0 aliphatic rings. The smallest absolute Gasteiger partial charge is 0.274 e. The molecule has 21 heavy (non-hydrogen) atoms. The van der Waals surface area contributed by atoms with Crippen LogP contribution in [0.2, 0.25) is 0 Å². The number of carbonyl (C=O) groups excluding carboxylic acids is 1. The second-order valence-corrected chi connectivity index (χ2v) is 4.48. The Bertz CT molecular complexity index is 823. The minimum Gasteiger partial charge on any atom is -0.349 e. The summed E-state index contributed by atoms with van der Waals surface area (Å²) in [7, 11) is 0. The van der Waals surface area contributed by atoms with E-state index in [0.29, 0.717) is 24.2 Å². The van der Waals surface area contributed by atoms with E-state index in [1.54, 1.807) is 12.3 Å². The van der Waals surface area contributed by atoms with E-state index in [1.807, 2.05) is 18.2 Å². The van der Waals surface area contributed by atoms with E-state index in [4.69, 9.17) is 0 Å². The van der Waals surface area contributed by atoms with Crippen molar-refractivity contribution in [3.8, 4) is 0 Å². The molecule has 1 aromatic carbocycles. The van der Waals surface area contributed by atoms with Gasteiger partial charge in [0, 0.05) is 11.9 Å². The molecule has 7 nitrogen and oxygen atoms in total. The summed E-state index contributed by atoms with van der Waals surface area (Å²) in [6.07, 6.45) is 4.52. The minimum absolute atomic E-state index is 0.163. The number of fused-ring (bicyclic) bond motifs is 1. The first-order chi connectivity index (χ1) is 10.3. The highest BCUT2D eigenvalue weighted by Gasteiger charge is 2.07. The molecule has 2 N–H and O–H groups in total. The van der Waals surface area contributed by atoms with Crippen LogP contribution in [0.5, 0.6) is 0 Å². The lowest BCUT2D eigenvalue weighted by Gasteiger charge is -2.06. The van der Waals surface area contributed by atoms with Crippen LogP contribution in [-0.2, 0) is 6.54 Å². The zero-order valence-corrected chi connectivity index (χ0v) is 11.1. The van der Waals surface area contributed by atoms with Crippen molar-refractivity contribution in [2.24, 2.45) is 0 Å². The zero-order valence-electron chi connectivity index (χ0n) is 11.1. The fourth-order valence-electron chi connectivity index (χ4n) is 2.04. The molecule has 106 valence electrons. The van der Waals surface area contributed by atoms with Gasteiger partial charge in [-0.2, -0.15) is 5.10 Å². The van der Waals surface area contributed by atoms with Gasteiger partial charge < -0.3 is 10.3 Å². The lowest BCUT2D eigenvalue weighted by Crippen LogP contribution is -2.32. The number of aromatic nitrogens is 4. The fourth-order valence-corrected chi connectivity index (χ4v) is 2.04. The van der Waals surface area contributed by atoms with Crippen LogP contribution in [0.15, 0.2) is 47.8 Å². The topological polar surface area (TPSA) is 92.7 Å². The molecule has 0 aliphatic heterocycles. The standard InChI is InChI=1S/C14H13N5O2/c20-13(12-8-15-9-17-12)16-5-6-19-14(21)11-4-2-1-3-10(11)7-18-19/h1-4,7-9H,5-6H2,(H,15,17)(H,16,20). The predicted octanol–water partition coefficient (Wildman–Crippen LogP) is 0.550. The maximum absolute atomic E-state index is 12.2. The molecule has 0 unspecified atom stereocenters. The first-order valence-electron chi connectivity index (χ1n) is 6.47. The lowest BCUT2D eigenvalue weighted by molar-refractivity contribution is 0.0947. The molecule has 2 heterocycles. The molecule has 3 aromatic rings. The molecule has 7 heteroatoms. The molecule has 2 aromatic heterocycles. The van der Waals surface area contributed by atoms with Crippen molar-refractivity contribution in [3.05, 3.63) is 59.0 Å². The number of aromatic amines is 1. The molecule has 0 atom stereocenters. The molecule has 1 amide bonds. The van der Waals surface area contributed by atoms with Crippen molar-refractivity contribution < 1.29 is 4.79 Å². The Morgan fingerprint density at radius 3 is 2.95 bits per heavy atom. The van der Waals surface area contributed by atoms with Crippen LogP contribution in [0.3, 0.4) is 0 Å². The van der Waals surface area contributed by atoms with Crippen molar-refractivity contribution in [2.75, 3.05) is 6.54 Å². The maximum Gasteiger partial charge on any atom is 0.274 e. The molecule has 0 fully saturated rings. The Hall–Kier alpha value is -2.96. The van der Waals surface area contributed by atoms with Gasteiger partial charge in [0.05, 0.1) is 30.7 Å². The van der Waals surface area contributed by atoms with Crippen LogP contribution in [-0.4, -0.2) is 32.2 Å². The van der Waals surface area contributed by atoms with Crippen LogP contribution >= 0.6 is 0 Å². The summed E-state index contributed by atoms with van der Waals surface area (Å²) in [6.45, 7) is 0.618. The number of carbonyl (C=O) groups is 1. The van der Waals surface area contributed by atoms with Crippen molar-refractivity contribution >= 4 is 16.7 Å². The van der Waals surface area contributed by atoms with Crippen LogP contribution in [0.4, 0.5) is 0 Å². The van der Waals surface area contributed by atoms with Crippen molar-refractivity contribution in [2.45, 2.75) is 6.54 Å². The van der Waals surface area contributed by atoms with Gasteiger partial charge in [-0.3, -0.25) is 9.59 Å². The second-order valence-electron chi connectivity index (χ2n) is 4.48. The highest BCUT2D eigenvalue weighted by atomic mass is 16.2. The molecule has 0 saturated heterocycles. The monoisotopic (exact) mass is 283 g/mol. The van der Waals surface area contributed by atoms with E-state index in [9.17, 15) is 9.59 Å². The number of H-pyrrole nitrogens is 1. The van der Waals surface area contributed by atoms with E-state index < -0.39 is 0 Å². The average Bonchev–Trinajstić information content (AvgIpc) is 3.04. The van der Waals surface area contributed by atoms with Crippen molar-refractivity contribution in [3.63, 3.8) is 0 Å². The van der Waals surface area contributed by atoms with E-state index >= 15 is 0 Å². The molecule has 3 rings (SSSR count). The lowest BCUT2D eigenvalue weighted by atomic mass is 10.2. The highest BCUT2D eigenvalue weighted by Crippen LogP contribution is 2.06. The van der Waals surface area contributed by atoms with Crippen LogP contribution in [0.1, 0.15) is 10.5 Å². The van der Waals surface area contributed by atoms with Crippen molar-refractivity contribution in [1.82, 2.24) is 25.1 Å². The summed E-state index contributed by atoms with van der Waals surface area (Å²) in [5.41, 5.74) is 0.220. The third-order valence-corrected chi connectivity index (χ3v) is 3.11. The normalized spacial score (nSPS) is 10.7. The van der Waals surface area contributed by atoms with Gasteiger partial charge in [-0.05, 0) is 6.07 Å². The van der Waals surface area contributed by atoms with Crippen LogP contribution < -0.4 is 10.9 Å². The largest absolute Gasteiger partial charge is 0.349 e. The number of hydrogen-bond acceptors (Lipinski definition) is 4. The number of amides is 1. The van der Waals surface area contributed by atoms with Gasteiger partial charge in [0.15, 0.2) is 0 Å². The van der Waals surface area contributed by atoms with E-state index in [0.717, 1.165) is 5.39 Å². The Morgan fingerprint density at radius 1 is 1.29 bits per heavy atom. The Morgan fingerprint density at radius 2 is 2.14 bits per heavy atom. The van der Waals surface area contributed by atoms with Gasteiger partial charge in [0.25, 0.3) is 11.5 Å². The molecule has 0 saturated carbocycles.